The molecule has 0 saturated carbocycles. The van der Waals surface area contributed by atoms with Gasteiger partial charge in [0.05, 0.1) is 0 Å². The van der Waals surface area contributed by atoms with Crippen LogP contribution >= 0.6 is 0 Å². The van der Waals surface area contributed by atoms with Gasteiger partial charge in [-0.3, -0.25) is 9.48 Å². The van der Waals surface area contributed by atoms with Crippen LogP contribution in [0.25, 0.3) is 0 Å². The van der Waals surface area contributed by atoms with E-state index in [0.29, 0.717) is 5.69 Å². The summed E-state index contributed by atoms with van der Waals surface area (Å²) in [7, 11) is 1.91. The molecule has 0 aliphatic heterocycles. The van der Waals surface area contributed by atoms with Crippen LogP contribution in [-0.2, 0) is 19.9 Å². The second kappa shape index (κ2) is 4.78. The minimum absolute atomic E-state index is 0.101. The summed E-state index contributed by atoms with van der Waals surface area (Å²) >= 11 is 0. The molecule has 1 aromatic heterocycles. The van der Waals surface area contributed by atoms with Gasteiger partial charge < -0.3 is 5.32 Å². The minimum Gasteiger partial charge on any atom is -0.320 e. The van der Waals surface area contributed by atoms with Gasteiger partial charge in [-0.05, 0) is 44.7 Å². The summed E-state index contributed by atoms with van der Waals surface area (Å²) in [5, 5.41) is 7.36. The smallest absolute Gasteiger partial charge is 0.276 e. The third-order valence-corrected chi connectivity index (χ3v) is 3.96. The van der Waals surface area contributed by atoms with Crippen molar-refractivity contribution >= 4 is 11.6 Å². The number of hydrogen-bond acceptors (Lipinski definition) is 2. The van der Waals surface area contributed by atoms with Crippen molar-refractivity contribution in [3.8, 4) is 0 Å². The molecule has 20 heavy (non-hydrogen) atoms. The van der Waals surface area contributed by atoms with Crippen LogP contribution < -0.4 is 5.32 Å². The van der Waals surface area contributed by atoms with E-state index in [4.69, 9.17) is 0 Å². The number of anilines is 1. The molecule has 0 saturated heterocycles. The van der Waals surface area contributed by atoms with Crippen molar-refractivity contribution in [2.24, 2.45) is 7.05 Å². The van der Waals surface area contributed by atoms with Crippen molar-refractivity contribution in [1.82, 2.24) is 9.78 Å². The Hall–Kier alpha value is -2.10. The largest absolute Gasteiger partial charge is 0.320 e. The van der Waals surface area contributed by atoms with Crippen LogP contribution in [0.2, 0.25) is 0 Å². The molecule has 0 fully saturated rings. The maximum absolute atomic E-state index is 12.4. The number of hydrogen-bond donors (Lipinski definition) is 1. The molecule has 1 amide bonds. The lowest BCUT2D eigenvalue weighted by Gasteiger charge is -2.08. The van der Waals surface area contributed by atoms with Crippen molar-refractivity contribution in [2.45, 2.75) is 33.1 Å². The van der Waals surface area contributed by atoms with Crippen LogP contribution in [0.1, 0.15) is 39.3 Å². The lowest BCUT2D eigenvalue weighted by molar-refractivity contribution is 0.102. The highest BCUT2D eigenvalue weighted by molar-refractivity contribution is 6.04. The Kier molecular flexibility index (Phi) is 3.08. The molecule has 1 aliphatic carbocycles. The van der Waals surface area contributed by atoms with E-state index in [1.807, 2.05) is 37.7 Å². The van der Waals surface area contributed by atoms with Gasteiger partial charge in [0, 0.05) is 24.0 Å². The predicted octanol–water partition coefficient (Wildman–Crippen LogP) is 2.78. The summed E-state index contributed by atoms with van der Waals surface area (Å²) in [6.45, 7) is 4.05. The Morgan fingerprint density at radius 2 is 2.10 bits per heavy atom. The topological polar surface area (TPSA) is 46.9 Å². The monoisotopic (exact) mass is 269 g/mol. The first-order valence-corrected chi connectivity index (χ1v) is 6.99. The molecule has 3 rings (SSSR count). The van der Waals surface area contributed by atoms with Gasteiger partial charge in [-0.1, -0.05) is 17.7 Å². The molecule has 4 nitrogen and oxygen atoms in total. The maximum Gasteiger partial charge on any atom is 0.276 e. The molecule has 0 radical (unpaired) electrons. The van der Waals surface area contributed by atoms with E-state index in [1.54, 1.807) is 0 Å². The van der Waals surface area contributed by atoms with E-state index in [-0.39, 0.29) is 5.91 Å². The Morgan fingerprint density at radius 1 is 1.30 bits per heavy atom. The third-order valence-electron chi connectivity index (χ3n) is 3.96. The zero-order chi connectivity index (χ0) is 14.3. The Balaban J connectivity index is 1.89. The first-order valence-electron chi connectivity index (χ1n) is 6.99. The SMILES string of the molecule is Cc1ccc(NC(=O)c2nn(C)c3c2CCC3)c(C)c1. The fourth-order valence-electron chi connectivity index (χ4n) is 2.93. The molecular weight excluding hydrogens is 250 g/mol. The average molecular weight is 269 g/mol. The number of aryl methyl sites for hydroxylation is 3. The molecule has 1 N–H and O–H groups in total. The van der Waals surface area contributed by atoms with E-state index in [1.165, 1.54) is 11.3 Å². The molecule has 2 aromatic rings. The zero-order valence-corrected chi connectivity index (χ0v) is 12.2. The first-order chi connectivity index (χ1) is 9.56. The van der Waals surface area contributed by atoms with Crippen molar-refractivity contribution in [1.29, 1.82) is 0 Å². The van der Waals surface area contributed by atoms with E-state index in [9.17, 15) is 4.79 Å². The molecule has 104 valence electrons. The summed E-state index contributed by atoms with van der Waals surface area (Å²) < 4.78 is 1.85. The zero-order valence-electron chi connectivity index (χ0n) is 12.2. The Morgan fingerprint density at radius 3 is 2.85 bits per heavy atom. The normalized spacial score (nSPS) is 13.3. The van der Waals surface area contributed by atoms with Crippen LogP contribution in [0.15, 0.2) is 18.2 Å². The standard InChI is InChI=1S/C16H19N3O/c1-10-7-8-13(11(2)9-10)17-16(20)15-12-5-4-6-14(12)19(3)18-15/h7-9H,4-6H2,1-3H3,(H,17,20). The fraction of sp³-hybridized carbons (Fsp3) is 0.375. The Labute approximate surface area is 118 Å². The number of benzene rings is 1. The van der Waals surface area contributed by atoms with Crippen LogP contribution in [-0.4, -0.2) is 15.7 Å². The lowest BCUT2D eigenvalue weighted by atomic mass is 10.1. The van der Waals surface area contributed by atoms with E-state index < -0.39 is 0 Å². The van der Waals surface area contributed by atoms with Gasteiger partial charge in [-0.25, -0.2) is 0 Å². The van der Waals surface area contributed by atoms with Gasteiger partial charge in [0.15, 0.2) is 5.69 Å². The van der Waals surface area contributed by atoms with Crippen molar-refractivity contribution < 1.29 is 4.79 Å². The number of carbonyl (C=O) groups excluding carboxylic acids is 1. The summed E-state index contributed by atoms with van der Waals surface area (Å²) in [4.78, 5) is 12.4. The number of nitrogens with zero attached hydrogens (tertiary/aromatic N) is 2. The molecule has 0 unspecified atom stereocenters. The van der Waals surface area contributed by atoms with Crippen LogP contribution in [0.5, 0.6) is 0 Å². The van der Waals surface area contributed by atoms with Gasteiger partial charge in [-0.2, -0.15) is 5.10 Å². The van der Waals surface area contributed by atoms with Crippen molar-refractivity contribution in [3.05, 3.63) is 46.3 Å². The van der Waals surface area contributed by atoms with Gasteiger partial charge >= 0.3 is 0 Å². The van der Waals surface area contributed by atoms with E-state index in [0.717, 1.165) is 36.1 Å². The van der Waals surface area contributed by atoms with Crippen LogP contribution in [0.4, 0.5) is 5.69 Å². The van der Waals surface area contributed by atoms with Gasteiger partial charge in [0.2, 0.25) is 0 Å². The predicted molar refractivity (Wildman–Crippen MR) is 79.1 cm³/mol. The number of carbonyl (C=O) groups is 1. The van der Waals surface area contributed by atoms with Gasteiger partial charge in [0.25, 0.3) is 5.91 Å². The van der Waals surface area contributed by atoms with Crippen LogP contribution in [0, 0.1) is 13.8 Å². The number of nitrogens with one attached hydrogen (secondary N) is 1. The quantitative estimate of drug-likeness (QED) is 0.911. The third kappa shape index (κ3) is 2.11. The lowest BCUT2D eigenvalue weighted by Crippen LogP contribution is -2.15. The molecule has 4 heteroatoms. The minimum atomic E-state index is -0.101. The number of fused-ring (bicyclic) bond motifs is 1. The molecule has 0 bridgehead atoms. The van der Waals surface area contributed by atoms with Crippen molar-refractivity contribution in [3.63, 3.8) is 0 Å². The van der Waals surface area contributed by atoms with Gasteiger partial charge in [0.1, 0.15) is 0 Å². The average Bonchev–Trinajstić information content (AvgIpc) is 2.97. The number of amides is 1. The highest BCUT2D eigenvalue weighted by Crippen LogP contribution is 2.25. The molecule has 0 atom stereocenters. The first kappa shape index (κ1) is 12.9. The fourth-order valence-corrected chi connectivity index (χ4v) is 2.93. The van der Waals surface area contributed by atoms with Crippen LogP contribution in [0.3, 0.4) is 0 Å². The van der Waals surface area contributed by atoms with Crippen molar-refractivity contribution in [2.75, 3.05) is 5.32 Å². The second-order valence-electron chi connectivity index (χ2n) is 5.52. The summed E-state index contributed by atoms with van der Waals surface area (Å²) in [5.74, 6) is -0.101. The highest BCUT2D eigenvalue weighted by Gasteiger charge is 2.25. The summed E-state index contributed by atoms with van der Waals surface area (Å²) in [5.41, 5.74) is 6.04. The maximum atomic E-state index is 12.4. The highest BCUT2D eigenvalue weighted by atomic mass is 16.2. The van der Waals surface area contributed by atoms with E-state index in [2.05, 4.69) is 16.5 Å². The molecule has 1 aliphatic rings. The summed E-state index contributed by atoms with van der Waals surface area (Å²) in [6.07, 6.45) is 3.10. The molecular formula is C16H19N3O. The Bertz CT molecular complexity index is 685. The second-order valence-corrected chi connectivity index (χ2v) is 5.52. The molecule has 0 spiro atoms. The summed E-state index contributed by atoms with van der Waals surface area (Å²) in [6, 6.07) is 6.02. The van der Waals surface area contributed by atoms with Gasteiger partial charge in [-0.15, -0.1) is 0 Å². The molecule has 1 aromatic carbocycles. The molecule has 1 heterocycles. The number of rotatable bonds is 2. The van der Waals surface area contributed by atoms with E-state index >= 15 is 0 Å². The number of aromatic nitrogens is 2.